The molecule has 1 aromatic carbocycles. The molecule has 0 atom stereocenters. The minimum atomic E-state index is -0.274. The van der Waals surface area contributed by atoms with Crippen LogP contribution < -0.4 is 11.1 Å². The molecule has 0 aliphatic rings. The van der Waals surface area contributed by atoms with E-state index in [0.29, 0.717) is 18.7 Å². The van der Waals surface area contributed by atoms with Gasteiger partial charge in [-0.1, -0.05) is 19.9 Å². The normalized spacial score (nSPS) is 11.3. The number of aryl methyl sites for hydroxylation is 1. The molecule has 0 aromatic heterocycles. The van der Waals surface area contributed by atoms with Crippen LogP contribution in [0, 0.1) is 12.3 Å². The van der Waals surface area contributed by atoms with E-state index in [1.807, 2.05) is 20.8 Å². The second-order valence-corrected chi connectivity index (χ2v) is 5.07. The second kappa shape index (κ2) is 5.19. The Labute approximate surface area is 102 Å². The second-order valence-electron chi connectivity index (χ2n) is 5.07. The van der Waals surface area contributed by atoms with E-state index in [4.69, 9.17) is 5.73 Å². The maximum atomic E-state index is 11.8. The number of nitrogens with one attached hydrogen (secondary N) is 1. The van der Waals surface area contributed by atoms with E-state index >= 15 is 0 Å². The molecule has 0 saturated carbocycles. The number of hydrogen-bond acceptors (Lipinski definition) is 3. The number of phenols is 1. The summed E-state index contributed by atoms with van der Waals surface area (Å²) in [6, 6.07) is 4.99. The fourth-order valence-corrected chi connectivity index (χ4v) is 1.32. The Morgan fingerprint density at radius 1 is 1.47 bits per heavy atom. The van der Waals surface area contributed by atoms with Gasteiger partial charge < -0.3 is 16.2 Å². The first-order valence-corrected chi connectivity index (χ1v) is 5.63. The largest absolute Gasteiger partial charge is 0.507 e. The van der Waals surface area contributed by atoms with Crippen LogP contribution in [0.4, 0.5) is 0 Å². The fourth-order valence-electron chi connectivity index (χ4n) is 1.32. The van der Waals surface area contributed by atoms with Crippen molar-refractivity contribution in [2.75, 3.05) is 13.1 Å². The van der Waals surface area contributed by atoms with Gasteiger partial charge in [0.25, 0.3) is 5.91 Å². The van der Waals surface area contributed by atoms with Crippen molar-refractivity contribution < 1.29 is 9.90 Å². The zero-order valence-electron chi connectivity index (χ0n) is 10.6. The zero-order chi connectivity index (χ0) is 13.1. The van der Waals surface area contributed by atoms with Crippen LogP contribution in [-0.4, -0.2) is 24.1 Å². The van der Waals surface area contributed by atoms with Gasteiger partial charge in [0.1, 0.15) is 5.75 Å². The van der Waals surface area contributed by atoms with Crippen LogP contribution in [0.5, 0.6) is 5.75 Å². The quantitative estimate of drug-likeness (QED) is 0.740. The van der Waals surface area contributed by atoms with Gasteiger partial charge in [0, 0.05) is 6.54 Å². The number of nitrogens with two attached hydrogens (primary N) is 1. The molecule has 0 fully saturated rings. The summed E-state index contributed by atoms with van der Waals surface area (Å²) in [7, 11) is 0. The Hall–Kier alpha value is -1.55. The SMILES string of the molecule is Cc1ccc(C(=O)NCC(C)(C)CN)c(O)c1. The first-order chi connectivity index (χ1) is 7.85. The lowest BCUT2D eigenvalue weighted by molar-refractivity contribution is 0.0935. The summed E-state index contributed by atoms with van der Waals surface area (Å²) < 4.78 is 0. The van der Waals surface area contributed by atoms with Crippen molar-refractivity contribution in [3.05, 3.63) is 29.3 Å². The number of rotatable bonds is 4. The summed E-state index contributed by atoms with van der Waals surface area (Å²) in [4.78, 5) is 11.8. The zero-order valence-corrected chi connectivity index (χ0v) is 10.6. The van der Waals surface area contributed by atoms with Gasteiger partial charge >= 0.3 is 0 Å². The Morgan fingerprint density at radius 3 is 2.65 bits per heavy atom. The van der Waals surface area contributed by atoms with Crippen molar-refractivity contribution in [2.24, 2.45) is 11.1 Å². The van der Waals surface area contributed by atoms with Gasteiger partial charge in [0.2, 0.25) is 0 Å². The van der Waals surface area contributed by atoms with Gasteiger partial charge in [-0.3, -0.25) is 4.79 Å². The van der Waals surface area contributed by atoms with Crippen LogP contribution in [0.3, 0.4) is 0 Å². The fraction of sp³-hybridized carbons (Fsp3) is 0.462. The highest BCUT2D eigenvalue weighted by Gasteiger charge is 2.18. The molecule has 0 aliphatic carbocycles. The maximum absolute atomic E-state index is 11.8. The third-order valence-electron chi connectivity index (χ3n) is 2.68. The summed E-state index contributed by atoms with van der Waals surface area (Å²) in [6.45, 7) is 6.78. The van der Waals surface area contributed by atoms with Gasteiger partial charge in [-0.2, -0.15) is 0 Å². The molecular weight excluding hydrogens is 216 g/mol. The number of aromatic hydroxyl groups is 1. The van der Waals surface area contributed by atoms with Gasteiger partial charge in [0.05, 0.1) is 5.56 Å². The monoisotopic (exact) mass is 236 g/mol. The predicted molar refractivity (Wildman–Crippen MR) is 68.0 cm³/mol. The molecule has 4 heteroatoms. The number of amides is 1. The highest BCUT2D eigenvalue weighted by atomic mass is 16.3. The van der Waals surface area contributed by atoms with E-state index in [9.17, 15) is 9.90 Å². The summed E-state index contributed by atoms with van der Waals surface area (Å²) in [5, 5.41) is 12.4. The highest BCUT2D eigenvalue weighted by Crippen LogP contribution is 2.18. The van der Waals surface area contributed by atoms with Crippen molar-refractivity contribution in [3.8, 4) is 5.75 Å². The number of phenolic OH excluding ortho intramolecular Hbond substituents is 1. The lowest BCUT2D eigenvalue weighted by Crippen LogP contribution is -2.38. The van der Waals surface area contributed by atoms with Crippen LogP contribution in [0.15, 0.2) is 18.2 Å². The number of carbonyl (C=O) groups is 1. The number of benzene rings is 1. The first kappa shape index (κ1) is 13.5. The van der Waals surface area contributed by atoms with Crippen LogP contribution in [0.1, 0.15) is 29.8 Å². The lowest BCUT2D eigenvalue weighted by atomic mass is 9.94. The molecular formula is C13H20N2O2. The Balaban J connectivity index is 2.71. The molecule has 94 valence electrons. The van der Waals surface area contributed by atoms with Crippen LogP contribution >= 0.6 is 0 Å². The smallest absolute Gasteiger partial charge is 0.255 e. The summed E-state index contributed by atoms with van der Waals surface area (Å²) in [6.07, 6.45) is 0. The van der Waals surface area contributed by atoms with E-state index in [2.05, 4.69) is 5.32 Å². The van der Waals surface area contributed by atoms with E-state index in [0.717, 1.165) is 5.56 Å². The minimum Gasteiger partial charge on any atom is -0.507 e. The molecule has 0 aliphatic heterocycles. The molecule has 0 radical (unpaired) electrons. The van der Waals surface area contributed by atoms with E-state index in [1.54, 1.807) is 18.2 Å². The molecule has 0 unspecified atom stereocenters. The van der Waals surface area contributed by atoms with E-state index in [-0.39, 0.29) is 17.1 Å². The third-order valence-corrected chi connectivity index (χ3v) is 2.68. The van der Waals surface area contributed by atoms with Gasteiger partial charge in [-0.25, -0.2) is 0 Å². The molecule has 0 saturated heterocycles. The Morgan fingerprint density at radius 2 is 2.12 bits per heavy atom. The molecule has 0 heterocycles. The van der Waals surface area contributed by atoms with Crippen molar-refractivity contribution in [1.29, 1.82) is 0 Å². The standard InChI is InChI=1S/C13H20N2O2/c1-9-4-5-10(11(16)6-9)12(17)15-8-13(2,3)7-14/h4-6,16H,7-8,14H2,1-3H3,(H,15,17). The van der Waals surface area contributed by atoms with Crippen molar-refractivity contribution in [2.45, 2.75) is 20.8 Å². The molecule has 1 aromatic rings. The topological polar surface area (TPSA) is 75.4 Å². The van der Waals surface area contributed by atoms with Crippen molar-refractivity contribution in [3.63, 3.8) is 0 Å². The Bertz CT molecular complexity index is 414. The van der Waals surface area contributed by atoms with Gasteiger partial charge in [0.15, 0.2) is 0 Å². The predicted octanol–water partition coefficient (Wildman–Crippen LogP) is 1.42. The van der Waals surface area contributed by atoms with E-state index in [1.165, 1.54) is 0 Å². The molecule has 1 amide bonds. The molecule has 17 heavy (non-hydrogen) atoms. The summed E-state index contributed by atoms with van der Waals surface area (Å²) >= 11 is 0. The maximum Gasteiger partial charge on any atom is 0.255 e. The first-order valence-electron chi connectivity index (χ1n) is 5.63. The molecule has 4 N–H and O–H groups in total. The number of carbonyl (C=O) groups excluding carboxylic acids is 1. The summed E-state index contributed by atoms with van der Waals surface area (Å²) in [5.74, 6) is -0.267. The molecule has 1 rings (SSSR count). The van der Waals surface area contributed by atoms with Gasteiger partial charge in [-0.05, 0) is 36.6 Å². The van der Waals surface area contributed by atoms with Crippen molar-refractivity contribution in [1.82, 2.24) is 5.32 Å². The van der Waals surface area contributed by atoms with Crippen LogP contribution in [0.25, 0.3) is 0 Å². The van der Waals surface area contributed by atoms with E-state index < -0.39 is 0 Å². The third kappa shape index (κ3) is 3.75. The molecule has 0 spiro atoms. The molecule has 0 bridgehead atoms. The number of hydrogen-bond donors (Lipinski definition) is 3. The summed E-state index contributed by atoms with van der Waals surface area (Å²) in [5.41, 5.74) is 6.65. The van der Waals surface area contributed by atoms with Crippen LogP contribution in [-0.2, 0) is 0 Å². The highest BCUT2D eigenvalue weighted by molar-refractivity contribution is 5.96. The average Bonchev–Trinajstić information content (AvgIpc) is 2.26. The lowest BCUT2D eigenvalue weighted by Gasteiger charge is -2.22. The minimum absolute atomic E-state index is 0.00746. The van der Waals surface area contributed by atoms with Gasteiger partial charge in [-0.15, -0.1) is 0 Å². The van der Waals surface area contributed by atoms with Crippen LogP contribution in [0.2, 0.25) is 0 Å². The average molecular weight is 236 g/mol. The van der Waals surface area contributed by atoms with Crippen molar-refractivity contribution >= 4 is 5.91 Å². The Kier molecular flexibility index (Phi) is 4.12. The molecule has 4 nitrogen and oxygen atoms in total.